The van der Waals surface area contributed by atoms with Crippen LogP contribution in [0.4, 0.5) is 17.5 Å². The van der Waals surface area contributed by atoms with E-state index in [2.05, 4.69) is 37.7 Å². The molecular formula is C24H27N7O. The summed E-state index contributed by atoms with van der Waals surface area (Å²) in [5.74, 6) is 1.54. The van der Waals surface area contributed by atoms with Crippen molar-refractivity contribution in [2.75, 3.05) is 17.2 Å². The van der Waals surface area contributed by atoms with E-state index in [0.717, 1.165) is 54.0 Å². The van der Waals surface area contributed by atoms with Crippen molar-refractivity contribution >= 4 is 23.4 Å². The summed E-state index contributed by atoms with van der Waals surface area (Å²) < 4.78 is 1.79. The summed E-state index contributed by atoms with van der Waals surface area (Å²) in [5.41, 5.74) is 3.58. The molecule has 8 heteroatoms. The number of carbonyl (C=O) groups is 1. The van der Waals surface area contributed by atoms with Gasteiger partial charge in [-0.05, 0) is 37.0 Å². The Bertz CT molecular complexity index is 1170. The lowest BCUT2D eigenvalue weighted by molar-refractivity contribution is -0.133. The predicted molar refractivity (Wildman–Crippen MR) is 123 cm³/mol. The maximum absolute atomic E-state index is 13.3. The van der Waals surface area contributed by atoms with Crippen LogP contribution in [-0.4, -0.2) is 48.7 Å². The highest BCUT2D eigenvalue weighted by atomic mass is 16.2. The molecule has 1 saturated carbocycles. The number of rotatable bonds is 4. The van der Waals surface area contributed by atoms with Crippen LogP contribution in [0.3, 0.4) is 0 Å². The molecule has 1 saturated heterocycles. The van der Waals surface area contributed by atoms with E-state index in [9.17, 15) is 4.79 Å². The molecule has 3 aliphatic rings. The van der Waals surface area contributed by atoms with Gasteiger partial charge in [-0.15, -0.1) is 0 Å². The first kappa shape index (κ1) is 19.3. The second-order valence-corrected chi connectivity index (χ2v) is 9.24. The number of aryl methyl sites for hydroxylation is 1. The quantitative estimate of drug-likeness (QED) is 0.660. The highest BCUT2D eigenvalue weighted by molar-refractivity contribution is 5.94. The van der Waals surface area contributed by atoms with Crippen molar-refractivity contribution in [2.24, 2.45) is 7.05 Å². The van der Waals surface area contributed by atoms with Gasteiger partial charge >= 0.3 is 0 Å². The molecule has 164 valence electrons. The van der Waals surface area contributed by atoms with Gasteiger partial charge in [-0.3, -0.25) is 9.48 Å². The molecule has 2 aliphatic heterocycles. The highest BCUT2D eigenvalue weighted by Gasteiger charge is 2.52. The van der Waals surface area contributed by atoms with Crippen LogP contribution >= 0.6 is 0 Å². The minimum atomic E-state index is -0.538. The summed E-state index contributed by atoms with van der Waals surface area (Å²) >= 11 is 0. The van der Waals surface area contributed by atoms with Gasteiger partial charge in [0.2, 0.25) is 11.9 Å². The lowest BCUT2D eigenvalue weighted by Crippen LogP contribution is -2.47. The number of hydrogen-bond donors (Lipinski definition) is 2. The van der Waals surface area contributed by atoms with Gasteiger partial charge in [-0.25, -0.2) is 4.98 Å². The fourth-order valence-electron chi connectivity index (χ4n) is 5.38. The number of likely N-dealkylation sites (tertiary alicyclic amines) is 1. The van der Waals surface area contributed by atoms with E-state index in [1.807, 2.05) is 37.8 Å². The molecule has 1 aromatic carbocycles. The molecule has 1 amide bonds. The van der Waals surface area contributed by atoms with Crippen molar-refractivity contribution in [2.45, 2.75) is 50.1 Å². The summed E-state index contributed by atoms with van der Waals surface area (Å²) in [6.45, 7) is 0.840. The smallest absolute Gasteiger partial charge is 0.248 e. The van der Waals surface area contributed by atoms with Gasteiger partial charge in [0.25, 0.3) is 0 Å². The molecule has 0 radical (unpaired) electrons. The summed E-state index contributed by atoms with van der Waals surface area (Å²) in [5, 5.41) is 11.0. The number of carbonyl (C=O) groups excluding carboxylic acids is 1. The Labute approximate surface area is 187 Å². The zero-order valence-corrected chi connectivity index (χ0v) is 18.2. The average molecular weight is 430 g/mol. The minimum Gasteiger partial charge on any atom is -0.355 e. The number of anilines is 3. The van der Waals surface area contributed by atoms with E-state index in [1.54, 1.807) is 4.68 Å². The molecule has 32 heavy (non-hydrogen) atoms. The topological polar surface area (TPSA) is 88.0 Å². The first-order valence-electron chi connectivity index (χ1n) is 11.4. The SMILES string of the molecule is Cn1cc(-c2ccc(Nc3ncc4c(n3)NC3(CCN(C5CCCC5)C3=O)C4)cc2)cn1. The number of fused-ring (bicyclic) bond motifs is 1. The van der Waals surface area contributed by atoms with E-state index in [0.29, 0.717) is 18.4 Å². The first-order valence-corrected chi connectivity index (χ1v) is 11.4. The van der Waals surface area contributed by atoms with Crippen molar-refractivity contribution in [1.29, 1.82) is 0 Å². The lowest BCUT2D eigenvalue weighted by atomic mass is 9.94. The Morgan fingerprint density at radius 3 is 2.69 bits per heavy atom. The molecule has 0 bridgehead atoms. The molecule has 1 aliphatic carbocycles. The summed E-state index contributed by atoms with van der Waals surface area (Å²) in [4.78, 5) is 24.6. The predicted octanol–water partition coefficient (Wildman–Crippen LogP) is 3.50. The zero-order chi connectivity index (χ0) is 21.7. The summed E-state index contributed by atoms with van der Waals surface area (Å²) in [6, 6.07) is 8.54. The Balaban J connectivity index is 1.17. The maximum atomic E-state index is 13.3. The van der Waals surface area contributed by atoms with Gasteiger partial charge in [0.05, 0.1) is 6.20 Å². The first-order chi connectivity index (χ1) is 15.6. The number of nitrogens with zero attached hydrogens (tertiary/aromatic N) is 5. The standard InChI is InChI=1S/C24H27N7O/c1-30-15-18(14-26-30)16-6-8-19(9-7-16)27-23-25-13-17-12-24(29-21(17)28-23)10-11-31(22(24)32)20-4-2-3-5-20/h6-9,13-15,20H,2-5,10-12H2,1H3,(H2,25,27,28,29). The van der Waals surface area contributed by atoms with Crippen LogP contribution in [0.5, 0.6) is 0 Å². The second-order valence-electron chi connectivity index (χ2n) is 9.24. The Kier molecular flexibility index (Phi) is 4.41. The van der Waals surface area contributed by atoms with E-state index >= 15 is 0 Å². The highest BCUT2D eigenvalue weighted by Crippen LogP contribution is 2.40. The normalized spacial score (nSPS) is 22.5. The number of nitrogens with one attached hydrogen (secondary N) is 2. The molecule has 1 atom stereocenters. The fraction of sp³-hybridized carbons (Fsp3) is 0.417. The number of aromatic nitrogens is 4. The van der Waals surface area contributed by atoms with Crippen molar-refractivity contribution in [1.82, 2.24) is 24.6 Å². The molecule has 8 nitrogen and oxygen atoms in total. The van der Waals surface area contributed by atoms with Gasteiger partial charge in [-0.1, -0.05) is 25.0 Å². The third-order valence-corrected chi connectivity index (χ3v) is 7.11. The van der Waals surface area contributed by atoms with Crippen molar-refractivity contribution in [3.8, 4) is 11.1 Å². The molecule has 2 fully saturated rings. The van der Waals surface area contributed by atoms with Crippen LogP contribution in [0.15, 0.2) is 42.9 Å². The van der Waals surface area contributed by atoms with Crippen LogP contribution in [-0.2, 0) is 18.3 Å². The van der Waals surface area contributed by atoms with Crippen LogP contribution in [0.25, 0.3) is 11.1 Å². The largest absolute Gasteiger partial charge is 0.355 e. The minimum absolute atomic E-state index is 0.239. The van der Waals surface area contributed by atoms with Crippen molar-refractivity contribution in [3.63, 3.8) is 0 Å². The number of hydrogen-bond acceptors (Lipinski definition) is 6. The summed E-state index contributed by atoms with van der Waals surface area (Å²) in [6.07, 6.45) is 11.9. The Hall–Kier alpha value is -3.42. The molecule has 2 aromatic heterocycles. The van der Waals surface area contributed by atoms with Crippen molar-refractivity contribution < 1.29 is 4.79 Å². The second kappa shape index (κ2) is 7.32. The van der Waals surface area contributed by atoms with Crippen LogP contribution in [0.1, 0.15) is 37.7 Å². The van der Waals surface area contributed by atoms with Crippen LogP contribution in [0, 0.1) is 0 Å². The van der Waals surface area contributed by atoms with Gasteiger partial charge in [0, 0.05) is 55.3 Å². The molecule has 3 aromatic rings. The number of amides is 1. The molecule has 1 unspecified atom stereocenters. The van der Waals surface area contributed by atoms with Gasteiger partial charge < -0.3 is 15.5 Å². The van der Waals surface area contributed by atoms with Gasteiger partial charge in [-0.2, -0.15) is 10.1 Å². The number of benzene rings is 1. The van der Waals surface area contributed by atoms with E-state index in [1.165, 1.54) is 12.8 Å². The maximum Gasteiger partial charge on any atom is 0.248 e. The van der Waals surface area contributed by atoms with E-state index in [4.69, 9.17) is 4.98 Å². The van der Waals surface area contributed by atoms with E-state index in [-0.39, 0.29) is 5.91 Å². The average Bonchev–Trinajstić information content (AvgIpc) is 3.58. The monoisotopic (exact) mass is 429 g/mol. The fourth-order valence-corrected chi connectivity index (χ4v) is 5.38. The van der Waals surface area contributed by atoms with Gasteiger partial charge in [0.1, 0.15) is 11.4 Å². The Morgan fingerprint density at radius 1 is 1.12 bits per heavy atom. The Morgan fingerprint density at radius 2 is 1.94 bits per heavy atom. The molecule has 4 heterocycles. The van der Waals surface area contributed by atoms with E-state index < -0.39 is 5.54 Å². The van der Waals surface area contributed by atoms with Crippen molar-refractivity contribution in [3.05, 3.63) is 48.4 Å². The molecule has 1 spiro atoms. The zero-order valence-electron chi connectivity index (χ0n) is 18.2. The summed E-state index contributed by atoms with van der Waals surface area (Å²) in [7, 11) is 1.91. The van der Waals surface area contributed by atoms with Crippen LogP contribution in [0.2, 0.25) is 0 Å². The lowest BCUT2D eigenvalue weighted by Gasteiger charge is -2.27. The third kappa shape index (κ3) is 3.21. The molecular weight excluding hydrogens is 402 g/mol. The molecule has 2 N–H and O–H groups in total. The van der Waals surface area contributed by atoms with Gasteiger partial charge in [0.15, 0.2) is 0 Å². The van der Waals surface area contributed by atoms with Crippen LogP contribution < -0.4 is 10.6 Å². The molecule has 6 rings (SSSR count). The third-order valence-electron chi connectivity index (χ3n) is 7.11.